The van der Waals surface area contributed by atoms with Crippen molar-refractivity contribution in [2.75, 3.05) is 13.7 Å². The second-order valence-electron chi connectivity index (χ2n) is 4.83. The molecule has 0 spiro atoms. The van der Waals surface area contributed by atoms with E-state index >= 15 is 0 Å². The highest BCUT2D eigenvalue weighted by Crippen LogP contribution is 2.28. The second kappa shape index (κ2) is 8.28. The lowest BCUT2D eigenvalue weighted by Gasteiger charge is -2.11. The van der Waals surface area contributed by atoms with Crippen LogP contribution in [0.3, 0.4) is 0 Å². The maximum atomic E-state index is 5.23. The van der Waals surface area contributed by atoms with Gasteiger partial charge in [-0.1, -0.05) is 13.0 Å². The number of aliphatic imine (C=N–C) groups is 1. The highest BCUT2D eigenvalue weighted by molar-refractivity contribution is 14.0. The van der Waals surface area contributed by atoms with Crippen molar-refractivity contribution >= 4 is 29.9 Å². The molecule has 1 saturated carbocycles. The van der Waals surface area contributed by atoms with Gasteiger partial charge in [0.05, 0.1) is 13.7 Å². The minimum absolute atomic E-state index is 0. The molecule has 0 aromatic carbocycles. The maximum Gasteiger partial charge on any atom is 0.218 e. The summed E-state index contributed by atoms with van der Waals surface area (Å²) < 4.78 is 5.23. The summed E-state index contributed by atoms with van der Waals surface area (Å²) in [5.41, 5.74) is 0.992. The summed E-state index contributed by atoms with van der Waals surface area (Å²) in [4.78, 5) is 8.76. The zero-order valence-corrected chi connectivity index (χ0v) is 14.5. The van der Waals surface area contributed by atoms with Crippen LogP contribution in [0.15, 0.2) is 23.3 Å². The lowest BCUT2D eigenvalue weighted by Crippen LogP contribution is -2.39. The third kappa shape index (κ3) is 4.81. The number of rotatable bonds is 5. The third-order valence-electron chi connectivity index (χ3n) is 3.23. The molecule has 0 amide bonds. The Hall–Kier alpha value is -1.05. The van der Waals surface area contributed by atoms with Gasteiger partial charge in [-0.05, 0) is 25.3 Å². The van der Waals surface area contributed by atoms with Crippen molar-refractivity contribution in [2.24, 2.45) is 10.9 Å². The number of aromatic nitrogens is 1. The van der Waals surface area contributed by atoms with E-state index in [1.165, 1.54) is 6.42 Å². The van der Waals surface area contributed by atoms with Gasteiger partial charge in [-0.2, -0.15) is 0 Å². The zero-order valence-electron chi connectivity index (χ0n) is 12.2. The Balaban J connectivity index is 0.00000200. The van der Waals surface area contributed by atoms with Gasteiger partial charge in [-0.3, -0.25) is 0 Å². The number of nitrogens with one attached hydrogen (secondary N) is 2. The van der Waals surface area contributed by atoms with Gasteiger partial charge < -0.3 is 15.4 Å². The van der Waals surface area contributed by atoms with Crippen LogP contribution >= 0.6 is 24.0 Å². The summed E-state index contributed by atoms with van der Waals surface area (Å²) in [6.07, 6.45) is 2.95. The molecule has 1 fully saturated rings. The number of pyridine rings is 1. The largest absolute Gasteiger partial charge is 0.481 e. The van der Waals surface area contributed by atoms with Gasteiger partial charge in [-0.15, -0.1) is 24.0 Å². The number of hydrogen-bond acceptors (Lipinski definition) is 3. The monoisotopic (exact) mass is 390 g/mol. The summed E-state index contributed by atoms with van der Waals surface area (Å²) in [5.74, 6) is 2.25. The fourth-order valence-electron chi connectivity index (χ4n) is 1.91. The van der Waals surface area contributed by atoms with Crippen LogP contribution < -0.4 is 15.4 Å². The molecule has 2 rings (SSSR count). The molecule has 1 aliphatic carbocycles. The van der Waals surface area contributed by atoms with E-state index in [9.17, 15) is 0 Å². The van der Waals surface area contributed by atoms with Crippen molar-refractivity contribution in [1.82, 2.24) is 15.6 Å². The Labute approximate surface area is 137 Å². The van der Waals surface area contributed by atoms with Crippen LogP contribution in [0.2, 0.25) is 0 Å². The van der Waals surface area contributed by atoms with Gasteiger partial charge in [0, 0.05) is 24.3 Å². The topological polar surface area (TPSA) is 58.5 Å². The molecule has 1 heterocycles. The van der Waals surface area contributed by atoms with Crippen LogP contribution in [-0.4, -0.2) is 30.6 Å². The van der Waals surface area contributed by atoms with Gasteiger partial charge >= 0.3 is 0 Å². The van der Waals surface area contributed by atoms with Crippen molar-refractivity contribution in [2.45, 2.75) is 32.9 Å². The van der Waals surface area contributed by atoms with Crippen LogP contribution in [0.4, 0.5) is 0 Å². The molecule has 2 N–H and O–H groups in total. The molecule has 5 nitrogen and oxygen atoms in total. The Bertz CT molecular complexity index is 453. The molecule has 112 valence electrons. The maximum absolute atomic E-state index is 5.23. The minimum Gasteiger partial charge on any atom is -0.481 e. The fraction of sp³-hybridized carbons (Fsp3) is 0.571. The van der Waals surface area contributed by atoms with E-state index in [1.54, 1.807) is 13.3 Å². The van der Waals surface area contributed by atoms with Crippen molar-refractivity contribution in [3.8, 4) is 5.88 Å². The smallest absolute Gasteiger partial charge is 0.218 e. The average Bonchev–Trinajstić information content (AvgIpc) is 3.12. The molecule has 0 aliphatic heterocycles. The summed E-state index contributed by atoms with van der Waals surface area (Å²) in [5, 5.41) is 6.69. The van der Waals surface area contributed by atoms with Crippen molar-refractivity contribution < 1.29 is 4.74 Å². The predicted molar refractivity (Wildman–Crippen MR) is 91.7 cm³/mol. The molecule has 20 heavy (non-hydrogen) atoms. The molecular weight excluding hydrogens is 367 g/mol. The van der Waals surface area contributed by atoms with E-state index < -0.39 is 0 Å². The van der Waals surface area contributed by atoms with Crippen molar-refractivity contribution in [3.63, 3.8) is 0 Å². The van der Waals surface area contributed by atoms with E-state index in [2.05, 4.69) is 34.5 Å². The number of hydrogen-bond donors (Lipinski definition) is 2. The molecular formula is C14H23IN4O. The third-order valence-corrected chi connectivity index (χ3v) is 3.23. The molecule has 1 aliphatic rings. The molecule has 0 radical (unpaired) electrons. The van der Waals surface area contributed by atoms with Crippen molar-refractivity contribution in [3.05, 3.63) is 23.9 Å². The average molecular weight is 390 g/mol. The SMILES string of the molecule is CCNC(=NCc1cccnc1OC)NC1CC1C.I. The molecule has 1 aromatic rings. The van der Waals surface area contributed by atoms with Gasteiger partial charge in [-0.25, -0.2) is 9.98 Å². The Morgan fingerprint density at radius 3 is 2.90 bits per heavy atom. The Kier molecular flexibility index (Phi) is 7.04. The predicted octanol–water partition coefficient (Wildman–Crippen LogP) is 2.17. The standard InChI is InChI=1S/C14H22N4O.HI/c1-4-15-14(18-12-8-10(12)2)17-9-11-6-5-7-16-13(11)19-3;/h5-7,10,12H,4,8-9H2,1-3H3,(H2,15,17,18);1H. The first-order valence-electron chi connectivity index (χ1n) is 6.77. The highest BCUT2D eigenvalue weighted by atomic mass is 127. The number of methoxy groups -OCH3 is 1. The zero-order chi connectivity index (χ0) is 13.7. The number of ether oxygens (including phenoxy) is 1. The summed E-state index contributed by atoms with van der Waals surface area (Å²) >= 11 is 0. The summed E-state index contributed by atoms with van der Waals surface area (Å²) in [6, 6.07) is 4.45. The van der Waals surface area contributed by atoms with E-state index in [-0.39, 0.29) is 24.0 Å². The van der Waals surface area contributed by atoms with Gasteiger partial charge in [0.15, 0.2) is 5.96 Å². The lowest BCUT2D eigenvalue weighted by molar-refractivity contribution is 0.392. The van der Waals surface area contributed by atoms with Crippen LogP contribution in [-0.2, 0) is 6.54 Å². The van der Waals surface area contributed by atoms with Crippen molar-refractivity contribution in [1.29, 1.82) is 0 Å². The number of halogens is 1. The molecule has 0 saturated heterocycles. The quantitative estimate of drug-likeness (QED) is 0.460. The number of guanidine groups is 1. The molecule has 0 bridgehead atoms. The van der Waals surface area contributed by atoms with E-state index in [0.29, 0.717) is 18.5 Å². The fourth-order valence-corrected chi connectivity index (χ4v) is 1.91. The Morgan fingerprint density at radius 1 is 1.55 bits per heavy atom. The summed E-state index contributed by atoms with van der Waals surface area (Å²) in [7, 11) is 1.63. The van der Waals surface area contributed by atoms with Crippen LogP contribution in [0.5, 0.6) is 5.88 Å². The van der Waals surface area contributed by atoms with Crippen LogP contribution in [0, 0.1) is 5.92 Å². The van der Waals surface area contributed by atoms with Crippen LogP contribution in [0.25, 0.3) is 0 Å². The number of nitrogens with zero attached hydrogens (tertiary/aromatic N) is 2. The summed E-state index contributed by atoms with van der Waals surface area (Å²) in [6.45, 7) is 5.73. The first-order chi connectivity index (χ1) is 9.24. The minimum atomic E-state index is 0. The van der Waals surface area contributed by atoms with Gasteiger partial charge in [0.1, 0.15) is 0 Å². The normalized spacial score (nSPS) is 20.9. The Morgan fingerprint density at radius 2 is 2.30 bits per heavy atom. The van der Waals surface area contributed by atoms with Gasteiger partial charge in [0.2, 0.25) is 5.88 Å². The van der Waals surface area contributed by atoms with E-state index in [0.717, 1.165) is 24.0 Å². The van der Waals surface area contributed by atoms with E-state index in [1.807, 2.05) is 12.1 Å². The molecule has 1 aromatic heterocycles. The van der Waals surface area contributed by atoms with Gasteiger partial charge in [0.25, 0.3) is 0 Å². The first kappa shape index (κ1) is 17.0. The van der Waals surface area contributed by atoms with E-state index in [4.69, 9.17) is 4.74 Å². The molecule has 2 unspecified atom stereocenters. The van der Waals surface area contributed by atoms with Crippen LogP contribution in [0.1, 0.15) is 25.8 Å². The second-order valence-corrected chi connectivity index (χ2v) is 4.83. The molecule has 6 heteroatoms. The highest BCUT2D eigenvalue weighted by Gasteiger charge is 2.33. The molecule has 2 atom stereocenters. The lowest BCUT2D eigenvalue weighted by atomic mass is 10.3. The first-order valence-corrected chi connectivity index (χ1v) is 6.77.